The molecular formula is C24H28N4O2. The number of carbonyl (C=O) groups is 2. The lowest BCUT2D eigenvalue weighted by molar-refractivity contribution is -0.117. The first kappa shape index (κ1) is 21.4. The Morgan fingerprint density at radius 1 is 1.27 bits per heavy atom. The van der Waals surface area contributed by atoms with Crippen LogP contribution in [0.25, 0.3) is 6.08 Å². The molecule has 0 bridgehead atoms. The number of anilines is 1. The SMILES string of the molecule is CCCn1c(C)cc(/C=C(\C#N)C(=O)NCc2ccc(N3CCCC3=O)cc2)c1C. The van der Waals surface area contributed by atoms with Gasteiger partial charge in [-0.1, -0.05) is 19.1 Å². The molecule has 2 aromatic rings. The average molecular weight is 405 g/mol. The lowest BCUT2D eigenvalue weighted by atomic mass is 10.1. The largest absolute Gasteiger partial charge is 0.349 e. The van der Waals surface area contributed by atoms with Crippen molar-refractivity contribution in [1.29, 1.82) is 5.26 Å². The van der Waals surface area contributed by atoms with Crippen molar-refractivity contribution in [3.8, 4) is 6.07 Å². The minimum Gasteiger partial charge on any atom is -0.349 e. The fraction of sp³-hybridized carbons (Fsp3) is 0.375. The summed E-state index contributed by atoms with van der Waals surface area (Å²) in [5.41, 5.74) is 4.96. The molecule has 2 amide bonds. The summed E-state index contributed by atoms with van der Waals surface area (Å²) in [7, 11) is 0. The monoisotopic (exact) mass is 404 g/mol. The van der Waals surface area contributed by atoms with E-state index >= 15 is 0 Å². The number of benzene rings is 1. The van der Waals surface area contributed by atoms with E-state index in [4.69, 9.17) is 0 Å². The van der Waals surface area contributed by atoms with Gasteiger partial charge < -0.3 is 14.8 Å². The maximum atomic E-state index is 12.5. The predicted molar refractivity (Wildman–Crippen MR) is 118 cm³/mol. The molecule has 0 unspecified atom stereocenters. The smallest absolute Gasteiger partial charge is 0.262 e. The molecule has 1 aromatic carbocycles. The van der Waals surface area contributed by atoms with E-state index in [9.17, 15) is 14.9 Å². The number of nitriles is 1. The third-order valence-electron chi connectivity index (χ3n) is 5.50. The van der Waals surface area contributed by atoms with Crippen molar-refractivity contribution in [3.63, 3.8) is 0 Å². The van der Waals surface area contributed by atoms with Gasteiger partial charge in [-0.25, -0.2) is 0 Å². The molecule has 0 spiro atoms. The first-order valence-corrected chi connectivity index (χ1v) is 10.4. The Hall–Kier alpha value is -3.33. The fourth-order valence-electron chi connectivity index (χ4n) is 3.84. The highest BCUT2D eigenvalue weighted by molar-refractivity contribution is 6.01. The van der Waals surface area contributed by atoms with E-state index in [1.54, 1.807) is 11.0 Å². The quantitative estimate of drug-likeness (QED) is 0.562. The van der Waals surface area contributed by atoms with Gasteiger partial charge in [0.1, 0.15) is 11.6 Å². The van der Waals surface area contributed by atoms with Gasteiger partial charge >= 0.3 is 0 Å². The highest BCUT2D eigenvalue weighted by Gasteiger charge is 2.21. The number of aromatic nitrogens is 1. The van der Waals surface area contributed by atoms with Crippen molar-refractivity contribution in [2.24, 2.45) is 0 Å². The average Bonchev–Trinajstić information content (AvgIpc) is 3.29. The van der Waals surface area contributed by atoms with E-state index < -0.39 is 5.91 Å². The molecule has 0 aliphatic carbocycles. The summed E-state index contributed by atoms with van der Waals surface area (Å²) in [6.45, 7) is 8.15. The Balaban J connectivity index is 1.66. The molecule has 6 heteroatoms. The highest BCUT2D eigenvalue weighted by atomic mass is 16.2. The summed E-state index contributed by atoms with van der Waals surface area (Å²) in [5, 5.41) is 12.3. The van der Waals surface area contributed by atoms with Gasteiger partial charge in [-0.15, -0.1) is 0 Å². The predicted octanol–water partition coefficient (Wildman–Crippen LogP) is 3.87. The van der Waals surface area contributed by atoms with Crippen LogP contribution in [0.15, 0.2) is 35.9 Å². The molecular weight excluding hydrogens is 376 g/mol. The Morgan fingerprint density at radius 3 is 2.60 bits per heavy atom. The Labute approximate surface area is 177 Å². The molecule has 2 heterocycles. The molecule has 0 atom stereocenters. The normalized spacial score (nSPS) is 14.1. The van der Waals surface area contributed by atoms with Crippen molar-refractivity contribution in [3.05, 3.63) is 58.4 Å². The zero-order valence-electron chi connectivity index (χ0n) is 17.9. The molecule has 1 aliphatic rings. The minimum absolute atomic E-state index is 0.0889. The molecule has 1 aliphatic heterocycles. The van der Waals surface area contributed by atoms with E-state index in [0.717, 1.165) is 54.1 Å². The fourth-order valence-corrected chi connectivity index (χ4v) is 3.84. The molecule has 0 radical (unpaired) electrons. The van der Waals surface area contributed by atoms with E-state index in [1.165, 1.54) is 0 Å². The number of nitrogens with one attached hydrogen (secondary N) is 1. The molecule has 30 heavy (non-hydrogen) atoms. The van der Waals surface area contributed by atoms with Crippen LogP contribution in [0, 0.1) is 25.2 Å². The minimum atomic E-state index is -0.392. The van der Waals surface area contributed by atoms with Gasteiger partial charge in [-0.05, 0) is 62.1 Å². The second-order valence-corrected chi connectivity index (χ2v) is 7.65. The number of amides is 2. The zero-order valence-corrected chi connectivity index (χ0v) is 17.9. The van der Waals surface area contributed by atoms with Crippen LogP contribution >= 0.6 is 0 Å². The first-order valence-electron chi connectivity index (χ1n) is 10.4. The molecule has 1 fully saturated rings. The molecule has 1 N–H and O–H groups in total. The Morgan fingerprint density at radius 2 is 2.00 bits per heavy atom. The van der Waals surface area contributed by atoms with Gasteiger partial charge in [0.15, 0.2) is 0 Å². The summed E-state index contributed by atoms with van der Waals surface area (Å²) < 4.78 is 2.20. The van der Waals surface area contributed by atoms with Gasteiger partial charge in [-0.3, -0.25) is 9.59 Å². The maximum absolute atomic E-state index is 12.5. The number of carbonyl (C=O) groups excluding carboxylic acids is 2. The Kier molecular flexibility index (Phi) is 6.73. The first-order chi connectivity index (χ1) is 14.4. The highest BCUT2D eigenvalue weighted by Crippen LogP contribution is 2.22. The van der Waals surface area contributed by atoms with E-state index in [1.807, 2.05) is 50.2 Å². The summed E-state index contributed by atoms with van der Waals surface area (Å²) in [6, 6.07) is 11.6. The summed E-state index contributed by atoms with van der Waals surface area (Å²) >= 11 is 0. The topological polar surface area (TPSA) is 78.1 Å². The van der Waals surface area contributed by atoms with E-state index in [-0.39, 0.29) is 11.5 Å². The van der Waals surface area contributed by atoms with E-state index in [0.29, 0.717) is 13.0 Å². The van der Waals surface area contributed by atoms with Crippen LogP contribution in [0.1, 0.15) is 48.7 Å². The number of aryl methyl sites for hydroxylation is 1. The van der Waals surface area contributed by atoms with Crippen LogP contribution in [-0.2, 0) is 22.7 Å². The second kappa shape index (κ2) is 9.45. The number of nitrogens with zero attached hydrogens (tertiary/aromatic N) is 3. The zero-order chi connectivity index (χ0) is 21.7. The van der Waals surface area contributed by atoms with E-state index in [2.05, 4.69) is 16.8 Å². The van der Waals surface area contributed by atoms with Crippen molar-refractivity contribution < 1.29 is 9.59 Å². The van der Waals surface area contributed by atoms with Gasteiger partial charge in [0, 0.05) is 43.1 Å². The maximum Gasteiger partial charge on any atom is 0.262 e. The van der Waals surface area contributed by atoms with Gasteiger partial charge in [0.2, 0.25) is 5.91 Å². The van der Waals surface area contributed by atoms with Crippen LogP contribution in [-0.4, -0.2) is 22.9 Å². The number of hydrogen-bond donors (Lipinski definition) is 1. The third kappa shape index (κ3) is 4.62. The van der Waals surface area contributed by atoms with Crippen LogP contribution in [0.5, 0.6) is 0 Å². The van der Waals surface area contributed by atoms with Crippen molar-refractivity contribution in [2.45, 2.75) is 53.1 Å². The molecule has 1 aromatic heterocycles. The lowest BCUT2D eigenvalue weighted by Gasteiger charge is -2.16. The standard InChI is InChI=1S/C24H28N4O2/c1-4-11-27-17(2)13-20(18(27)3)14-21(15-25)24(30)26-16-19-7-9-22(10-8-19)28-12-5-6-23(28)29/h7-10,13-14H,4-6,11-12,16H2,1-3H3,(H,26,30)/b21-14+. The van der Waals surface area contributed by atoms with Gasteiger partial charge in [0.05, 0.1) is 0 Å². The summed E-state index contributed by atoms with van der Waals surface area (Å²) in [5.74, 6) is -0.241. The van der Waals surface area contributed by atoms with Crippen LogP contribution in [0.2, 0.25) is 0 Å². The molecule has 3 rings (SSSR count). The molecule has 0 saturated carbocycles. The van der Waals surface area contributed by atoms with Gasteiger partial charge in [-0.2, -0.15) is 5.26 Å². The number of hydrogen-bond acceptors (Lipinski definition) is 3. The molecule has 1 saturated heterocycles. The van der Waals surface area contributed by atoms with Crippen LogP contribution in [0.4, 0.5) is 5.69 Å². The van der Waals surface area contributed by atoms with Gasteiger partial charge in [0.25, 0.3) is 5.91 Å². The second-order valence-electron chi connectivity index (χ2n) is 7.65. The van der Waals surface area contributed by atoms with Crippen molar-refractivity contribution >= 4 is 23.6 Å². The third-order valence-corrected chi connectivity index (χ3v) is 5.50. The molecule has 6 nitrogen and oxygen atoms in total. The van der Waals surface area contributed by atoms with Crippen molar-refractivity contribution in [2.75, 3.05) is 11.4 Å². The van der Waals surface area contributed by atoms with Crippen molar-refractivity contribution in [1.82, 2.24) is 9.88 Å². The lowest BCUT2D eigenvalue weighted by Crippen LogP contribution is -2.25. The summed E-state index contributed by atoms with van der Waals surface area (Å²) in [6.07, 6.45) is 4.17. The molecule has 156 valence electrons. The van der Waals surface area contributed by atoms with Crippen LogP contribution in [0.3, 0.4) is 0 Å². The Bertz CT molecular complexity index is 1010. The summed E-state index contributed by atoms with van der Waals surface area (Å²) in [4.78, 5) is 26.2. The number of rotatable bonds is 7. The van der Waals surface area contributed by atoms with Crippen LogP contribution < -0.4 is 10.2 Å².